The summed E-state index contributed by atoms with van der Waals surface area (Å²) in [5, 5.41) is 0. The average molecular weight is 330 g/mol. The van der Waals surface area contributed by atoms with Crippen LogP contribution in [0.5, 0.6) is 0 Å². The molecule has 0 radical (unpaired) electrons. The third-order valence-electron chi connectivity index (χ3n) is 3.37. The Morgan fingerprint density at radius 3 is 1.91 bits per heavy atom. The molecule has 23 heavy (non-hydrogen) atoms. The number of alkyl halides is 3. The van der Waals surface area contributed by atoms with E-state index < -0.39 is 12.0 Å². The SMILES string of the molecule is CC/C=C/C/C=C\C/C=C\CCCCCCCC(=O)C(F)(F)F. The molecule has 0 aliphatic heterocycles. The van der Waals surface area contributed by atoms with Crippen molar-refractivity contribution < 1.29 is 18.0 Å². The molecule has 0 unspecified atom stereocenters. The Kier molecular flexibility index (Phi) is 13.5. The zero-order valence-corrected chi connectivity index (χ0v) is 14.1. The highest BCUT2D eigenvalue weighted by Gasteiger charge is 2.36. The van der Waals surface area contributed by atoms with Crippen LogP contribution in [0.25, 0.3) is 0 Å². The Hall–Kier alpha value is -1.32. The van der Waals surface area contributed by atoms with E-state index in [1.54, 1.807) is 0 Å². The summed E-state index contributed by atoms with van der Waals surface area (Å²) in [5.74, 6) is -1.60. The average Bonchev–Trinajstić information content (AvgIpc) is 2.50. The molecule has 0 aliphatic carbocycles. The molecule has 0 fully saturated rings. The monoisotopic (exact) mass is 330 g/mol. The first-order valence-electron chi connectivity index (χ1n) is 8.53. The maximum absolute atomic E-state index is 12.0. The van der Waals surface area contributed by atoms with E-state index in [1.807, 2.05) is 0 Å². The molecule has 0 rings (SSSR count). The topological polar surface area (TPSA) is 17.1 Å². The van der Waals surface area contributed by atoms with Crippen LogP contribution >= 0.6 is 0 Å². The number of ketones is 1. The highest BCUT2D eigenvalue weighted by Crippen LogP contribution is 2.19. The largest absolute Gasteiger partial charge is 0.449 e. The molecule has 0 saturated carbocycles. The summed E-state index contributed by atoms with van der Waals surface area (Å²) in [6.45, 7) is 2.12. The van der Waals surface area contributed by atoms with Gasteiger partial charge in [0.1, 0.15) is 0 Å². The summed E-state index contributed by atoms with van der Waals surface area (Å²) >= 11 is 0. The van der Waals surface area contributed by atoms with Crippen LogP contribution in [0.1, 0.15) is 71.1 Å². The molecular weight excluding hydrogens is 301 g/mol. The van der Waals surface area contributed by atoms with E-state index in [0.29, 0.717) is 12.8 Å². The van der Waals surface area contributed by atoms with Gasteiger partial charge in [-0.15, -0.1) is 0 Å². The minimum absolute atomic E-state index is 0.339. The Morgan fingerprint density at radius 1 is 0.783 bits per heavy atom. The van der Waals surface area contributed by atoms with Crippen LogP contribution in [0, 0.1) is 0 Å². The molecule has 0 aliphatic rings. The number of carbonyl (C=O) groups excluding carboxylic acids is 1. The number of unbranched alkanes of at least 4 members (excludes halogenated alkanes) is 5. The van der Waals surface area contributed by atoms with Gasteiger partial charge in [-0.05, 0) is 38.5 Å². The van der Waals surface area contributed by atoms with Gasteiger partial charge in [0.2, 0.25) is 5.78 Å². The zero-order chi connectivity index (χ0) is 17.4. The minimum atomic E-state index is -4.66. The number of halogens is 3. The summed E-state index contributed by atoms with van der Waals surface area (Å²) in [6, 6.07) is 0. The Labute approximate surface area is 138 Å². The van der Waals surface area contributed by atoms with Gasteiger partial charge in [-0.25, -0.2) is 0 Å². The molecule has 0 aromatic heterocycles. The van der Waals surface area contributed by atoms with Gasteiger partial charge in [-0.3, -0.25) is 4.79 Å². The number of hydrogen-bond donors (Lipinski definition) is 0. The van der Waals surface area contributed by atoms with Crippen molar-refractivity contribution >= 4 is 5.78 Å². The fraction of sp³-hybridized carbons (Fsp3) is 0.632. The maximum Gasteiger partial charge on any atom is 0.449 e. The van der Waals surface area contributed by atoms with E-state index in [1.165, 1.54) is 0 Å². The van der Waals surface area contributed by atoms with E-state index in [4.69, 9.17) is 0 Å². The van der Waals surface area contributed by atoms with Crippen molar-refractivity contribution in [2.45, 2.75) is 77.3 Å². The number of carbonyl (C=O) groups is 1. The lowest BCUT2D eigenvalue weighted by molar-refractivity contribution is -0.171. The van der Waals surface area contributed by atoms with Crippen molar-refractivity contribution in [2.24, 2.45) is 0 Å². The van der Waals surface area contributed by atoms with Gasteiger partial charge < -0.3 is 0 Å². The molecule has 4 heteroatoms. The van der Waals surface area contributed by atoms with Crippen molar-refractivity contribution in [2.75, 3.05) is 0 Å². The maximum atomic E-state index is 12.0. The van der Waals surface area contributed by atoms with Crippen LogP contribution in [-0.4, -0.2) is 12.0 Å². The second-order valence-electron chi connectivity index (χ2n) is 5.52. The van der Waals surface area contributed by atoms with Crippen LogP contribution in [-0.2, 0) is 4.79 Å². The normalized spacial score (nSPS) is 12.9. The first kappa shape index (κ1) is 21.7. The summed E-state index contributed by atoms with van der Waals surface area (Å²) in [4.78, 5) is 10.7. The van der Waals surface area contributed by atoms with Crippen LogP contribution in [0.4, 0.5) is 13.2 Å². The summed E-state index contributed by atoms with van der Waals surface area (Å²) < 4.78 is 35.9. The van der Waals surface area contributed by atoms with Crippen LogP contribution < -0.4 is 0 Å². The Morgan fingerprint density at radius 2 is 1.30 bits per heavy atom. The van der Waals surface area contributed by atoms with Crippen molar-refractivity contribution in [3.05, 3.63) is 36.5 Å². The molecule has 0 spiro atoms. The number of rotatable bonds is 13. The first-order valence-corrected chi connectivity index (χ1v) is 8.53. The van der Waals surface area contributed by atoms with E-state index in [9.17, 15) is 18.0 Å². The molecule has 0 N–H and O–H groups in total. The van der Waals surface area contributed by atoms with Crippen molar-refractivity contribution in [3.63, 3.8) is 0 Å². The van der Waals surface area contributed by atoms with Gasteiger partial charge >= 0.3 is 6.18 Å². The number of hydrogen-bond acceptors (Lipinski definition) is 1. The van der Waals surface area contributed by atoms with E-state index in [0.717, 1.165) is 44.9 Å². The fourth-order valence-electron chi connectivity index (χ4n) is 2.05. The summed E-state index contributed by atoms with van der Waals surface area (Å²) in [5.41, 5.74) is 0. The predicted octanol–water partition coefficient (Wildman–Crippen LogP) is 6.71. The summed E-state index contributed by atoms with van der Waals surface area (Å²) in [7, 11) is 0. The van der Waals surface area contributed by atoms with Crippen molar-refractivity contribution in [1.82, 2.24) is 0 Å². The molecule has 0 amide bonds. The number of allylic oxidation sites excluding steroid dienone is 6. The third kappa shape index (κ3) is 15.4. The highest BCUT2D eigenvalue weighted by molar-refractivity contribution is 5.83. The van der Waals surface area contributed by atoms with Gasteiger partial charge in [0.25, 0.3) is 0 Å². The van der Waals surface area contributed by atoms with Gasteiger partial charge in [0.15, 0.2) is 0 Å². The predicted molar refractivity (Wildman–Crippen MR) is 90.3 cm³/mol. The van der Waals surface area contributed by atoms with Crippen LogP contribution in [0.3, 0.4) is 0 Å². The second-order valence-corrected chi connectivity index (χ2v) is 5.52. The molecule has 0 atom stereocenters. The Bertz CT molecular complexity index is 379. The lowest BCUT2D eigenvalue weighted by atomic mass is 10.1. The lowest BCUT2D eigenvalue weighted by Crippen LogP contribution is -2.22. The number of Topliss-reactive ketones (excluding diaryl/α,β-unsaturated/α-hetero) is 1. The standard InChI is InChI=1S/C19H29F3O/c1-2-3-4-5-6-7-8-9-10-11-12-13-14-15-16-17-18(23)19(20,21)22/h3-4,6-7,9-10H,2,5,8,11-17H2,1H3/b4-3+,7-6-,10-9-. The van der Waals surface area contributed by atoms with Crippen molar-refractivity contribution in [3.8, 4) is 0 Å². The quantitative estimate of drug-likeness (QED) is 0.271. The molecule has 0 aromatic carbocycles. The molecular formula is C19H29F3O. The highest BCUT2D eigenvalue weighted by atomic mass is 19.4. The first-order chi connectivity index (χ1) is 11.0. The molecule has 0 bridgehead atoms. The second kappa shape index (κ2) is 14.3. The summed E-state index contributed by atoms with van der Waals surface area (Å²) in [6.07, 6.45) is 15.8. The molecule has 132 valence electrons. The van der Waals surface area contributed by atoms with Gasteiger partial charge in [-0.1, -0.05) is 62.6 Å². The smallest absolute Gasteiger partial charge is 0.290 e. The zero-order valence-electron chi connectivity index (χ0n) is 14.1. The minimum Gasteiger partial charge on any atom is -0.290 e. The van der Waals surface area contributed by atoms with Crippen molar-refractivity contribution in [1.29, 1.82) is 0 Å². The van der Waals surface area contributed by atoms with Gasteiger partial charge in [0.05, 0.1) is 0 Å². The molecule has 0 saturated heterocycles. The molecule has 0 aromatic rings. The van der Waals surface area contributed by atoms with Gasteiger partial charge in [-0.2, -0.15) is 13.2 Å². The lowest BCUT2D eigenvalue weighted by Gasteiger charge is -2.04. The van der Waals surface area contributed by atoms with E-state index in [-0.39, 0.29) is 6.42 Å². The van der Waals surface area contributed by atoms with Gasteiger partial charge in [0, 0.05) is 6.42 Å². The van der Waals surface area contributed by atoms with E-state index in [2.05, 4.69) is 43.4 Å². The third-order valence-corrected chi connectivity index (χ3v) is 3.37. The Balaban J connectivity index is 3.38. The molecule has 1 nitrogen and oxygen atoms in total. The van der Waals surface area contributed by atoms with Crippen LogP contribution in [0.15, 0.2) is 36.5 Å². The molecule has 0 heterocycles. The van der Waals surface area contributed by atoms with Crippen LogP contribution in [0.2, 0.25) is 0 Å². The van der Waals surface area contributed by atoms with E-state index >= 15 is 0 Å². The fourth-order valence-corrected chi connectivity index (χ4v) is 2.05.